The second-order valence-corrected chi connectivity index (χ2v) is 4.79. The molecule has 2 aromatic rings. The summed E-state index contributed by atoms with van der Waals surface area (Å²) in [6.45, 7) is 1.79. The Morgan fingerprint density at radius 2 is 2.15 bits per heavy atom. The van der Waals surface area contributed by atoms with Gasteiger partial charge in [-0.3, -0.25) is 4.79 Å². The van der Waals surface area contributed by atoms with Crippen molar-refractivity contribution in [2.75, 3.05) is 5.01 Å². The Bertz CT molecular complexity index is 717. The summed E-state index contributed by atoms with van der Waals surface area (Å²) < 4.78 is 5.23. The van der Waals surface area contributed by atoms with Crippen molar-refractivity contribution in [1.82, 2.24) is 0 Å². The summed E-state index contributed by atoms with van der Waals surface area (Å²) in [6.07, 6.45) is 3.25. The summed E-state index contributed by atoms with van der Waals surface area (Å²) in [4.78, 5) is 12.4. The summed E-state index contributed by atoms with van der Waals surface area (Å²) in [5.74, 6) is 0.428. The fourth-order valence-electron chi connectivity index (χ4n) is 1.98. The predicted molar refractivity (Wildman–Crippen MR) is 78.7 cm³/mol. The molecule has 0 bridgehead atoms. The molecule has 20 heavy (non-hydrogen) atoms. The van der Waals surface area contributed by atoms with Crippen molar-refractivity contribution in [2.45, 2.75) is 6.92 Å². The number of furan rings is 1. The molecule has 100 valence electrons. The summed E-state index contributed by atoms with van der Waals surface area (Å²) in [5.41, 5.74) is 1.80. The van der Waals surface area contributed by atoms with Gasteiger partial charge >= 0.3 is 0 Å². The fourth-order valence-corrected chi connectivity index (χ4v) is 2.17. The van der Waals surface area contributed by atoms with Gasteiger partial charge in [0.05, 0.1) is 23.2 Å². The van der Waals surface area contributed by atoms with Crippen LogP contribution in [0.15, 0.2) is 57.8 Å². The van der Waals surface area contributed by atoms with Crippen molar-refractivity contribution in [2.24, 2.45) is 5.10 Å². The molecule has 0 atom stereocenters. The number of carbonyl (C=O) groups excluding carboxylic acids is 1. The maximum absolute atomic E-state index is 12.4. The Morgan fingerprint density at radius 3 is 2.85 bits per heavy atom. The topological polar surface area (TPSA) is 45.8 Å². The molecule has 0 saturated carbocycles. The highest BCUT2D eigenvalue weighted by Gasteiger charge is 2.28. The molecule has 1 aliphatic heterocycles. The Labute approximate surface area is 121 Å². The number of hydrazone groups is 1. The van der Waals surface area contributed by atoms with E-state index in [4.69, 9.17) is 16.0 Å². The van der Waals surface area contributed by atoms with E-state index in [1.165, 1.54) is 5.01 Å². The van der Waals surface area contributed by atoms with Gasteiger partial charge in [-0.05, 0) is 43.3 Å². The van der Waals surface area contributed by atoms with Crippen LogP contribution in [0.2, 0.25) is 5.02 Å². The average Bonchev–Trinajstić information content (AvgIpc) is 3.02. The van der Waals surface area contributed by atoms with Gasteiger partial charge < -0.3 is 4.42 Å². The molecule has 0 fully saturated rings. The van der Waals surface area contributed by atoms with E-state index in [1.807, 2.05) is 0 Å². The third-order valence-electron chi connectivity index (χ3n) is 2.95. The van der Waals surface area contributed by atoms with Gasteiger partial charge in [-0.25, -0.2) is 0 Å². The highest BCUT2D eigenvalue weighted by atomic mass is 35.5. The summed E-state index contributed by atoms with van der Waals surface area (Å²) >= 11 is 5.94. The minimum Gasteiger partial charge on any atom is -0.465 e. The van der Waals surface area contributed by atoms with Crippen molar-refractivity contribution in [3.8, 4) is 0 Å². The molecule has 0 radical (unpaired) electrons. The van der Waals surface area contributed by atoms with Crippen molar-refractivity contribution in [3.05, 3.63) is 59.0 Å². The molecular formula is C15H11ClN2O2. The Hall–Kier alpha value is -2.33. The largest absolute Gasteiger partial charge is 0.465 e. The number of halogens is 1. The van der Waals surface area contributed by atoms with E-state index in [0.717, 1.165) is 0 Å². The first-order chi connectivity index (χ1) is 9.65. The smallest absolute Gasteiger partial charge is 0.280 e. The maximum Gasteiger partial charge on any atom is 0.280 e. The Balaban J connectivity index is 1.97. The van der Waals surface area contributed by atoms with Gasteiger partial charge in [0.2, 0.25) is 0 Å². The molecule has 0 spiro atoms. The minimum atomic E-state index is -0.193. The van der Waals surface area contributed by atoms with Crippen LogP contribution < -0.4 is 5.01 Å². The van der Waals surface area contributed by atoms with Crippen molar-refractivity contribution in [1.29, 1.82) is 0 Å². The highest BCUT2D eigenvalue weighted by Crippen LogP contribution is 2.26. The second-order valence-electron chi connectivity index (χ2n) is 4.36. The molecule has 1 aliphatic rings. The van der Waals surface area contributed by atoms with Gasteiger partial charge in [0.15, 0.2) is 0 Å². The number of hydrogen-bond acceptors (Lipinski definition) is 3. The molecule has 2 heterocycles. The number of rotatable bonds is 2. The van der Waals surface area contributed by atoms with Gasteiger partial charge in [-0.2, -0.15) is 10.1 Å². The highest BCUT2D eigenvalue weighted by molar-refractivity contribution is 6.33. The quantitative estimate of drug-likeness (QED) is 0.790. The first-order valence-corrected chi connectivity index (χ1v) is 6.44. The first kappa shape index (κ1) is 12.7. The van der Waals surface area contributed by atoms with E-state index in [1.54, 1.807) is 55.7 Å². The van der Waals surface area contributed by atoms with Crippen molar-refractivity contribution in [3.63, 3.8) is 0 Å². The van der Waals surface area contributed by atoms with Crippen LogP contribution in [0.4, 0.5) is 5.69 Å². The van der Waals surface area contributed by atoms with Gasteiger partial charge in [0.1, 0.15) is 5.76 Å². The molecule has 0 aliphatic carbocycles. The Morgan fingerprint density at radius 1 is 1.30 bits per heavy atom. The van der Waals surface area contributed by atoms with Gasteiger partial charge in [0, 0.05) is 5.02 Å². The number of nitrogens with zero attached hydrogens (tertiary/aromatic N) is 2. The summed E-state index contributed by atoms with van der Waals surface area (Å²) in [7, 11) is 0. The lowest BCUT2D eigenvalue weighted by Gasteiger charge is -2.11. The molecule has 0 unspecified atom stereocenters. The number of amides is 1. The lowest BCUT2D eigenvalue weighted by atomic mass is 10.1. The lowest BCUT2D eigenvalue weighted by molar-refractivity contribution is -0.114. The molecule has 1 aromatic heterocycles. The lowest BCUT2D eigenvalue weighted by Crippen LogP contribution is -2.21. The fraction of sp³-hybridized carbons (Fsp3) is 0.0667. The zero-order valence-electron chi connectivity index (χ0n) is 10.7. The standard InChI is InChI=1S/C15H11ClN2O2/c1-10-14(9-13-6-3-7-20-13)15(19)18(17-10)12-5-2-4-11(16)8-12/h2-9H,1H3/b14-9+. The van der Waals surface area contributed by atoms with Crippen LogP contribution in [0.25, 0.3) is 6.08 Å². The van der Waals surface area contributed by atoms with Crippen LogP contribution in [0.1, 0.15) is 12.7 Å². The molecule has 0 saturated heterocycles. The third-order valence-corrected chi connectivity index (χ3v) is 3.18. The number of carbonyl (C=O) groups is 1. The van der Waals surface area contributed by atoms with E-state index in [2.05, 4.69) is 5.10 Å². The zero-order valence-corrected chi connectivity index (χ0v) is 11.5. The maximum atomic E-state index is 12.4. The van der Waals surface area contributed by atoms with Crippen LogP contribution in [0, 0.1) is 0 Å². The first-order valence-electron chi connectivity index (χ1n) is 6.06. The SMILES string of the molecule is CC1=NN(c2cccc(Cl)c2)C(=O)/C1=C/c1ccco1. The van der Waals surface area contributed by atoms with E-state index in [-0.39, 0.29) is 5.91 Å². The molecule has 4 nitrogen and oxygen atoms in total. The third kappa shape index (κ3) is 2.26. The minimum absolute atomic E-state index is 0.193. The van der Waals surface area contributed by atoms with Crippen LogP contribution >= 0.6 is 11.6 Å². The van der Waals surface area contributed by atoms with Gasteiger partial charge in [-0.15, -0.1) is 0 Å². The normalized spacial score (nSPS) is 16.9. The monoisotopic (exact) mass is 286 g/mol. The van der Waals surface area contributed by atoms with Crippen LogP contribution in [0.3, 0.4) is 0 Å². The molecule has 3 rings (SSSR count). The molecular weight excluding hydrogens is 276 g/mol. The molecule has 5 heteroatoms. The average molecular weight is 287 g/mol. The molecule has 1 aromatic carbocycles. The summed E-state index contributed by atoms with van der Waals surface area (Å²) in [6, 6.07) is 10.6. The zero-order chi connectivity index (χ0) is 14.1. The molecule has 1 amide bonds. The summed E-state index contributed by atoms with van der Waals surface area (Å²) in [5, 5.41) is 6.18. The molecule has 0 N–H and O–H groups in total. The second kappa shape index (κ2) is 4.98. The van der Waals surface area contributed by atoms with Crippen LogP contribution in [-0.2, 0) is 4.79 Å². The van der Waals surface area contributed by atoms with E-state index in [0.29, 0.717) is 27.8 Å². The number of anilines is 1. The van der Waals surface area contributed by atoms with Gasteiger partial charge in [-0.1, -0.05) is 17.7 Å². The Kier molecular flexibility index (Phi) is 3.16. The van der Waals surface area contributed by atoms with E-state index >= 15 is 0 Å². The number of benzene rings is 1. The van der Waals surface area contributed by atoms with Crippen molar-refractivity contribution < 1.29 is 9.21 Å². The van der Waals surface area contributed by atoms with Crippen LogP contribution in [0.5, 0.6) is 0 Å². The predicted octanol–water partition coefficient (Wildman–Crippen LogP) is 3.74. The van der Waals surface area contributed by atoms with Gasteiger partial charge in [0.25, 0.3) is 5.91 Å². The van der Waals surface area contributed by atoms with Crippen molar-refractivity contribution >= 4 is 35.0 Å². The van der Waals surface area contributed by atoms with E-state index < -0.39 is 0 Å². The van der Waals surface area contributed by atoms with Crippen LogP contribution in [-0.4, -0.2) is 11.6 Å². The number of hydrogen-bond donors (Lipinski definition) is 0. The van der Waals surface area contributed by atoms with E-state index in [9.17, 15) is 4.79 Å².